The maximum atomic E-state index is 12.9. The molecule has 1 saturated heterocycles. The summed E-state index contributed by atoms with van der Waals surface area (Å²) in [6.07, 6.45) is 1.35. The number of hydrogen-bond acceptors (Lipinski definition) is 4. The summed E-state index contributed by atoms with van der Waals surface area (Å²) < 4.78 is 10.6. The van der Waals surface area contributed by atoms with Crippen molar-refractivity contribution >= 4 is 40.7 Å². The molecule has 6 nitrogen and oxygen atoms in total. The van der Waals surface area contributed by atoms with Crippen LogP contribution in [0.3, 0.4) is 0 Å². The van der Waals surface area contributed by atoms with Crippen LogP contribution in [0.4, 0.5) is 5.69 Å². The number of amides is 2. The van der Waals surface area contributed by atoms with Crippen LogP contribution in [0, 0.1) is 0 Å². The van der Waals surface area contributed by atoms with E-state index in [1.165, 1.54) is 0 Å². The number of fused-ring (bicyclic) bond motifs is 1. The van der Waals surface area contributed by atoms with Crippen molar-refractivity contribution in [2.45, 2.75) is 18.9 Å². The van der Waals surface area contributed by atoms with Crippen molar-refractivity contribution in [3.05, 3.63) is 52.0 Å². The molecule has 8 heteroatoms. The number of ether oxygens (including phenoxy) is 2. The van der Waals surface area contributed by atoms with Gasteiger partial charge in [0.1, 0.15) is 6.04 Å². The summed E-state index contributed by atoms with van der Waals surface area (Å²) >= 11 is 12.0. The van der Waals surface area contributed by atoms with Crippen LogP contribution in [-0.4, -0.2) is 36.1 Å². The largest absolute Gasteiger partial charge is 0.454 e. The van der Waals surface area contributed by atoms with Crippen LogP contribution < -0.4 is 14.8 Å². The Morgan fingerprint density at radius 2 is 1.78 bits per heavy atom. The van der Waals surface area contributed by atoms with E-state index in [4.69, 9.17) is 32.7 Å². The average molecular weight is 407 g/mol. The zero-order valence-electron chi connectivity index (χ0n) is 14.2. The van der Waals surface area contributed by atoms with Gasteiger partial charge in [-0.05, 0) is 49.2 Å². The van der Waals surface area contributed by atoms with Crippen molar-refractivity contribution in [2.75, 3.05) is 18.7 Å². The number of nitrogens with zero attached hydrogens (tertiary/aromatic N) is 1. The average Bonchev–Trinajstić information content (AvgIpc) is 3.28. The molecule has 0 aromatic heterocycles. The predicted octanol–water partition coefficient (Wildman–Crippen LogP) is 3.97. The molecular formula is C19H16Cl2N2O4. The van der Waals surface area contributed by atoms with E-state index in [0.29, 0.717) is 45.8 Å². The summed E-state index contributed by atoms with van der Waals surface area (Å²) in [7, 11) is 0. The van der Waals surface area contributed by atoms with Gasteiger partial charge in [0, 0.05) is 27.8 Å². The fourth-order valence-corrected chi connectivity index (χ4v) is 3.86. The Balaban J connectivity index is 1.51. The van der Waals surface area contributed by atoms with Gasteiger partial charge in [0.2, 0.25) is 12.7 Å². The van der Waals surface area contributed by atoms with Crippen molar-refractivity contribution in [2.24, 2.45) is 0 Å². The Bertz CT molecular complexity index is 898. The highest BCUT2D eigenvalue weighted by atomic mass is 35.5. The van der Waals surface area contributed by atoms with E-state index in [1.807, 2.05) is 0 Å². The molecule has 0 aliphatic carbocycles. The Morgan fingerprint density at radius 3 is 2.56 bits per heavy atom. The third kappa shape index (κ3) is 3.68. The van der Waals surface area contributed by atoms with Gasteiger partial charge in [0.05, 0.1) is 0 Å². The maximum absolute atomic E-state index is 12.9. The highest BCUT2D eigenvalue weighted by Gasteiger charge is 2.35. The minimum absolute atomic E-state index is 0.143. The second-order valence-electron chi connectivity index (χ2n) is 6.37. The molecule has 1 N–H and O–H groups in total. The summed E-state index contributed by atoms with van der Waals surface area (Å²) in [5, 5.41) is 3.65. The normalized spacial score (nSPS) is 17.9. The SMILES string of the molecule is O=C(Nc1cc(Cl)cc(Cl)c1)C1CCCN1C(=O)c1ccc2c(c1)OCO2. The summed E-state index contributed by atoms with van der Waals surface area (Å²) in [5.74, 6) is 0.671. The lowest BCUT2D eigenvalue weighted by Gasteiger charge is -2.24. The Kier molecular flexibility index (Phi) is 4.85. The molecule has 2 aliphatic rings. The van der Waals surface area contributed by atoms with Gasteiger partial charge >= 0.3 is 0 Å². The molecular weight excluding hydrogens is 391 g/mol. The summed E-state index contributed by atoms with van der Waals surface area (Å²) in [5.41, 5.74) is 0.963. The van der Waals surface area contributed by atoms with Crippen LogP contribution in [0.1, 0.15) is 23.2 Å². The summed E-state index contributed by atoms with van der Waals surface area (Å²) in [4.78, 5) is 27.2. The van der Waals surface area contributed by atoms with E-state index in [2.05, 4.69) is 5.32 Å². The summed E-state index contributed by atoms with van der Waals surface area (Å²) in [6, 6.07) is 9.29. The first-order valence-corrected chi connectivity index (χ1v) is 9.24. The maximum Gasteiger partial charge on any atom is 0.254 e. The number of benzene rings is 2. The molecule has 0 bridgehead atoms. The molecule has 1 unspecified atom stereocenters. The fourth-order valence-electron chi connectivity index (χ4n) is 3.33. The standard InChI is InChI=1S/C19H16Cl2N2O4/c20-12-7-13(21)9-14(8-12)22-18(24)15-2-1-5-23(15)19(25)11-3-4-16-17(6-11)27-10-26-16/h3-4,6-9,15H,1-2,5,10H2,(H,22,24). The fraction of sp³-hybridized carbons (Fsp3) is 0.263. The zero-order chi connectivity index (χ0) is 19.0. The highest BCUT2D eigenvalue weighted by molar-refractivity contribution is 6.35. The summed E-state index contributed by atoms with van der Waals surface area (Å²) in [6.45, 7) is 0.658. The van der Waals surface area contributed by atoms with E-state index in [-0.39, 0.29) is 18.6 Å². The third-order valence-corrected chi connectivity index (χ3v) is 5.00. The van der Waals surface area contributed by atoms with Crippen molar-refractivity contribution in [1.82, 2.24) is 4.90 Å². The van der Waals surface area contributed by atoms with Gasteiger partial charge in [-0.25, -0.2) is 0 Å². The van der Waals surface area contributed by atoms with Crippen LogP contribution in [0.5, 0.6) is 11.5 Å². The number of rotatable bonds is 3. The van der Waals surface area contributed by atoms with Crippen LogP contribution >= 0.6 is 23.2 Å². The molecule has 0 spiro atoms. The molecule has 2 aromatic rings. The van der Waals surface area contributed by atoms with Crippen LogP contribution in [-0.2, 0) is 4.79 Å². The van der Waals surface area contributed by atoms with Gasteiger partial charge in [0.15, 0.2) is 11.5 Å². The lowest BCUT2D eigenvalue weighted by Crippen LogP contribution is -2.43. The van der Waals surface area contributed by atoms with Crippen LogP contribution in [0.15, 0.2) is 36.4 Å². The Hall–Kier alpha value is -2.44. The smallest absolute Gasteiger partial charge is 0.254 e. The first-order chi connectivity index (χ1) is 13.0. The van der Waals surface area contributed by atoms with Crippen LogP contribution in [0.25, 0.3) is 0 Å². The van der Waals surface area contributed by atoms with Gasteiger partial charge < -0.3 is 19.7 Å². The number of likely N-dealkylation sites (tertiary alicyclic amines) is 1. The molecule has 0 radical (unpaired) electrons. The molecule has 1 fully saturated rings. The van der Waals surface area contributed by atoms with Crippen molar-refractivity contribution < 1.29 is 19.1 Å². The van der Waals surface area contributed by atoms with Gasteiger partial charge in [-0.2, -0.15) is 0 Å². The molecule has 2 aliphatic heterocycles. The number of anilines is 1. The number of halogens is 2. The minimum Gasteiger partial charge on any atom is -0.454 e. The lowest BCUT2D eigenvalue weighted by molar-refractivity contribution is -0.119. The first kappa shape index (κ1) is 17.9. The van der Waals surface area contributed by atoms with E-state index in [9.17, 15) is 9.59 Å². The Labute approximate surface area is 165 Å². The zero-order valence-corrected chi connectivity index (χ0v) is 15.7. The monoisotopic (exact) mass is 406 g/mol. The van der Waals surface area contributed by atoms with E-state index in [0.717, 1.165) is 6.42 Å². The molecule has 2 heterocycles. The minimum atomic E-state index is -0.555. The van der Waals surface area contributed by atoms with E-state index in [1.54, 1.807) is 41.3 Å². The number of carbonyl (C=O) groups excluding carboxylic acids is 2. The van der Waals surface area contributed by atoms with Crippen molar-refractivity contribution in [3.63, 3.8) is 0 Å². The van der Waals surface area contributed by atoms with Crippen molar-refractivity contribution in [1.29, 1.82) is 0 Å². The highest BCUT2D eigenvalue weighted by Crippen LogP contribution is 2.33. The number of carbonyl (C=O) groups is 2. The predicted molar refractivity (Wildman–Crippen MR) is 102 cm³/mol. The molecule has 140 valence electrons. The second kappa shape index (κ2) is 7.29. The first-order valence-electron chi connectivity index (χ1n) is 8.49. The van der Waals surface area contributed by atoms with Gasteiger partial charge in [-0.15, -0.1) is 0 Å². The Morgan fingerprint density at radius 1 is 1.04 bits per heavy atom. The molecule has 4 rings (SSSR count). The molecule has 2 aromatic carbocycles. The number of nitrogens with one attached hydrogen (secondary N) is 1. The number of hydrogen-bond donors (Lipinski definition) is 1. The van der Waals surface area contributed by atoms with Gasteiger partial charge in [-0.3, -0.25) is 9.59 Å². The quantitative estimate of drug-likeness (QED) is 0.837. The molecule has 2 amide bonds. The van der Waals surface area contributed by atoms with Gasteiger partial charge in [0.25, 0.3) is 5.91 Å². The molecule has 0 saturated carbocycles. The van der Waals surface area contributed by atoms with E-state index < -0.39 is 6.04 Å². The lowest BCUT2D eigenvalue weighted by atomic mass is 10.1. The molecule has 27 heavy (non-hydrogen) atoms. The van der Waals surface area contributed by atoms with Gasteiger partial charge in [-0.1, -0.05) is 23.2 Å². The topological polar surface area (TPSA) is 67.9 Å². The van der Waals surface area contributed by atoms with Crippen molar-refractivity contribution in [3.8, 4) is 11.5 Å². The van der Waals surface area contributed by atoms with Crippen LogP contribution in [0.2, 0.25) is 10.0 Å². The second-order valence-corrected chi connectivity index (χ2v) is 7.24. The molecule has 1 atom stereocenters. The van der Waals surface area contributed by atoms with E-state index >= 15 is 0 Å². The third-order valence-electron chi connectivity index (χ3n) is 4.57.